The molecule has 0 unspecified atom stereocenters. The quantitative estimate of drug-likeness (QED) is 0.827. The second-order valence-electron chi connectivity index (χ2n) is 4.37. The second-order valence-corrected chi connectivity index (χ2v) is 4.78. The Morgan fingerprint density at radius 2 is 2.17 bits per heavy atom. The van der Waals surface area contributed by atoms with Crippen molar-refractivity contribution in [1.29, 1.82) is 0 Å². The van der Waals surface area contributed by atoms with Gasteiger partial charge in [-0.3, -0.25) is 9.69 Å². The molecule has 0 spiro atoms. The number of nitrogens with one attached hydrogen (secondary N) is 2. The van der Waals surface area contributed by atoms with Crippen LogP contribution >= 0.6 is 11.6 Å². The molecule has 1 aromatic carbocycles. The molecule has 1 rings (SSSR count). The van der Waals surface area contributed by atoms with Gasteiger partial charge in [0.15, 0.2) is 0 Å². The summed E-state index contributed by atoms with van der Waals surface area (Å²) in [5, 5.41) is 6.42. The van der Waals surface area contributed by atoms with Crippen molar-refractivity contribution >= 4 is 23.2 Å². The fourth-order valence-electron chi connectivity index (χ4n) is 1.54. The molecule has 4 nitrogen and oxygen atoms in total. The van der Waals surface area contributed by atoms with Crippen molar-refractivity contribution in [1.82, 2.24) is 10.2 Å². The monoisotopic (exact) mass is 269 g/mol. The van der Waals surface area contributed by atoms with Crippen molar-refractivity contribution in [3.8, 4) is 0 Å². The van der Waals surface area contributed by atoms with E-state index in [0.717, 1.165) is 18.7 Å². The van der Waals surface area contributed by atoms with Gasteiger partial charge in [-0.25, -0.2) is 0 Å². The molecule has 0 atom stereocenters. The maximum Gasteiger partial charge on any atom is 0.238 e. The highest BCUT2D eigenvalue weighted by molar-refractivity contribution is 6.33. The third-order valence-electron chi connectivity index (χ3n) is 2.56. The first-order chi connectivity index (χ1) is 8.52. The molecule has 2 N–H and O–H groups in total. The van der Waals surface area contributed by atoms with Crippen molar-refractivity contribution in [2.45, 2.75) is 6.92 Å². The maximum absolute atomic E-state index is 11.8. The van der Waals surface area contributed by atoms with Crippen LogP contribution in [-0.2, 0) is 4.79 Å². The topological polar surface area (TPSA) is 44.4 Å². The van der Waals surface area contributed by atoms with E-state index in [1.807, 2.05) is 44.1 Å². The van der Waals surface area contributed by atoms with Crippen LogP contribution in [0, 0.1) is 6.92 Å². The summed E-state index contributed by atoms with van der Waals surface area (Å²) in [6.45, 7) is 4.00. The van der Waals surface area contributed by atoms with Gasteiger partial charge in [0, 0.05) is 13.1 Å². The fourth-order valence-corrected chi connectivity index (χ4v) is 1.82. The van der Waals surface area contributed by atoms with Gasteiger partial charge in [-0.05, 0) is 38.7 Å². The van der Waals surface area contributed by atoms with Gasteiger partial charge in [0.1, 0.15) is 0 Å². The van der Waals surface area contributed by atoms with Gasteiger partial charge in [0.25, 0.3) is 0 Å². The Kier molecular flexibility index (Phi) is 6.12. The highest BCUT2D eigenvalue weighted by Gasteiger charge is 2.08. The molecule has 0 bridgehead atoms. The van der Waals surface area contributed by atoms with Gasteiger partial charge in [-0.2, -0.15) is 0 Å². The van der Waals surface area contributed by atoms with Crippen molar-refractivity contribution in [3.63, 3.8) is 0 Å². The van der Waals surface area contributed by atoms with Crippen LogP contribution in [0.5, 0.6) is 0 Å². The van der Waals surface area contributed by atoms with E-state index >= 15 is 0 Å². The average molecular weight is 270 g/mol. The number of benzene rings is 1. The molecule has 0 fully saturated rings. The van der Waals surface area contributed by atoms with Gasteiger partial charge in [-0.15, -0.1) is 0 Å². The van der Waals surface area contributed by atoms with Crippen molar-refractivity contribution < 1.29 is 4.79 Å². The molecule has 0 aliphatic carbocycles. The number of amides is 1. The zero-order valence-corrected chi connectivity index (χ0v) is 11.8. The zero-order valence-electron chi connectivity index (χ0n) is 11.1. The van der Waals surface area contributed by atoms with Gasteiger partial charge in [0.2, 0.25) is 5.91 Å². The standard InChI is InChI=1S/C13H20ClN3O/c1-10-4-5-12(11(14)8-10)16-13(18)9-17(3)7-6-15-2/h4-5,8,15H,6-7,9H2,1-3H3,(H,16,18). The summed E-state index contributed by atoms with van der Waals surface area (Å²) in [5.74, 6) is -0.0562. The normalized spacial score (nSPS) is 10.7. The highest BCUT2D eigenvalue weighted by atomic mass is 35.5. The number of nitrogens with zero attached hydrogens (tertiary/aromatic N) is 1. The van der Waals surface area contributed by atoms with E-state index in [0.29, 0.717) is 17.3 Å². The summed E-state index contributed by atoms with van der Waals surface area (Å²) in [6, 6.07) is 5.58. The number of likely N-dealkylation sites (N-methyl/N-ethyl adjacent to an activating group) is 2. The first-order valence-corrected chi connectivity index (χ1v) is 6.30. The summed E-state index contributed by atoms with van der Waals surface area (Å²) >= 11 is 6.06. The molecule has 0 saturated carbocycles. The Balaban J connectivity index is 2.49. The highest BCUT2D eigenvalue weighted by Crippen LogP contribution is 2.22. The summed E-state index contributed by atoms with van der Waals surface area (Å²) < 4.78 is 0. The molecule has 0 aliphatic heterocycles. The molecule has 18 heavy (non-hydrogen) atoms. The van der Waals surface area contributed by atoms with Gasteiger partial charge < -0.3 is 10.6 Å². The van der Waals surface area contributed by atoms with Crippen molar-refractivity contribution in [3.05, 3.63) is 28.8 Å². The lowest BCUT2D eigenvalue weighted by atomic mass is 10.2. The van der Waals surface area contributed by atoms with Crippen LogP contribution < -0.4 is 10.6 Å². The molecule has 0 radical (unpaired) electrons. The molecule has 0 aliphatic rings. The van der Waals surface area contributed by atoms with Crippen LogP contribution in [0.25, 0.3) is 0 Å². The molecule has 0 saturated heterocycles. The minimum Gasteiger partial charge on any atom is -0.324 e. The number of aryl methyl sites for hydroxylation is 1. The molecule has 0 heterocycles. The first-order valence-electron chi connectivity index (χ1n) is 5.92. The second kappa shape index (κ2) is 7.36. The minimum atomic E-state index is -0.0562. The number of rotatable bonds is 6. The van der Waals surface area contributed by atoms with E-state index in [-0.39, 0.29) is 5.91 Å². The Morgan fingerprint density at radius 1 is 1.44 bits per heavy atom. The lowest BCUT2D eigenvalue weighted by Gasteiger charge is -2.16. The Morgan fingerprint density at radius 3 is 2.78 bits per heavy atom. The summed E-state index contributed by atoms with van der Waals surface area (Å²) in [7, 11) is 3.80. The van der Waals surface area contributed by atoms with Crippen LogP contribution in [0.1, 0.15) is 5.56 Å². The lowest BCUT2D eigenvalue weighted by Crippen LogP contribution is -2.34. The molecule has 1 aromatic rings. The Bertz CT molecular complexity index is 409. The third-order valence-corrected chi connectivity index (χ3v) is 2.87. The molecule has 0 aromatic heterocycles. The van der Waals surface area contributed by atoms with E-state index < -0.39 is 0 Å². The van der Waals surface area contributed by atoms with E-state index in [4.69, 9.17) is 11.6 Å². The number of anilines is 1. The van der Waals surface area contributed by atoms with Crippen LogP contribution in [-0.4, -0.2) is 44.5 Å². The fraction of sp³-hybridized carbons (Fsp3) is 0.462. The molecule has 1 amide bonds. The van der Waals surface area contributed by atoms with Crippen molar-refractivity contribution in [2.75, 3.05) is 39.0 Å². The minimum absolute atomic E-state index is 0.0562. The number of carbonyl (C=O) groups excluding carboxylic acids is 1. The molecular weight excluding hydrogens is 250 g/mol. The molecule has 100 valence electrons. The van der Waals surface area contributed by atoms with Gasteiger partial charge in [0.05, 0.1) is 17.3 Å². The number of hydrogen-bond acceptors (Lipinski definition) is 3. The third kappa shape index (κ3) is 5.04. The maximum atomic E-state index is 11.8. The van der Waals surface area contributed by atoms with Gasteiger partial charge >= 0.3 is 0 Å². The predicted octanol–water partition coefficient (Wildman–Crippen LogP) is 1.74. The van der Waals surface area contributed by atoms with E-state index in [2.05, 4.69) is 10.6 Å². The average Bonchev–Trinajstić information content (AvgIpc) is 2.30. The smallest absolute Gasteiger partial charge is 0.238 e. The zero-order chi connectivity index (χ0) is 13.5. The summed E-state index contributed by atoms with van der Waals surface area (Å²) in [4.78, 5) is 13.7. The van der Waals surface area contributed by atoms with E-state index in [9.17, 15) is 4.79 Å². The van der Waals surface area contributed by atoms with Crippen LogP contribution in [0.4, 0.5) is 5.69 Å². The van der Waals surface area contributed by atoms with E-state index in [1.165, 1.54) is 0 Å². The van der Waals surface area contributed by atoms with Crippen LogP contribution in [0.15, 0.2) is 18.2 Å². The first kappa shape index (κ1) is 15.0. The lowest BCUT2D eigenvalue weighted by molar-refractivity contribution is -0.117. The number of hydrogen-bond donors (Lipinski definition) is 2. The molecule has 5 heteroatoms. The van der Waals surface area contributed by atoms with Gasteiger partial charge in [-0.1, -0.05) is 17.7 Å². The number of carbonyl (C=O) groups is 1. The molecular formula is C13H20ClN3O. The Hall–Kier alpha value is -1.10. The van der Waals surface area contributed by atoms with Crippen molar-refractivity contribution in [2.24, 2.45) is 0 Å². The largest absolute Gasteiger partial charge is 0.324 e. The Labute approximate surface area is 113 Å². The summed E-state index contributed by atoms with van der Waals surface area (Å²) in [6.07, 6.45) is 0. The van der Waals surface area contributed by atoms with Crippen LogP contribution in [0.3, 0.4) is 0 Å². The predicted molar refractivity (Wildman–Crippen MR) is 76.2 cm³/mol. The number of halogens is 1. The van der Waals surface area contributed by atoms with Crippen LogP contribution in [0.2, 0.25) is 5.02 Å². The SMILES string of the molecule is CNCCN(C)CC(=O)Nc1ccc(C)cc1Cl. The van der Waals surface area contributed by atoms with E-state index in [1.54, 1.807) is 0 Å². The summed E-state index contributed by atoms with van der Waals surface area (Å²) in [5.41, 5.74) is 1.73.